The van der Waals surface area contributed by atoms with Gasteiger partial charge < -0.3 is 10.1 Å². The van der Waals surface area contributed by atoms with Crippen LogP contribution in [0.1, 0.15) is 50.8 Å². The first kappa shape index (κ1) is 14.5. The fraction of sp³-hybridized carbons (Fsp3) is 0.647. The summed E-state index contributed by atoms with van der Waals surface area (Å²) in [5, 5.41) is 3.47. The number of rotatable bonds is 6. The first-order valence-electron chi connectivity index (χ1n) is 7.60. The van der Waals surface area contributed by atoms with Gasteiger partial charge in [0.05, 0.1) is 12.2 Å². The summed E-state index contributed by atoms with van der Waals surface area (Å²) in [6, 6.07) is 8.73. The number of fused-ring (bicyclic) bond motifs is 1. The summed E-state index contributed by atoms with van der Waals surface area (Å²) < 4.78 is 6.24. The molecule has 0 saturated heterocycles. The SMILES string of the molecule is CC(C)CNCC(C)OC1CCCc2ccccc21. The maximum Gasteiger partial charge on any atom is 0.0832 e. The van der Waals surface area contributed by atoms with Crippen molar-refractivity contribution in [3.63, 3.8) is 0 Å². The average molecular weight is 261 g/mol. The molecule has 2 unspecified atom stereocenters. The van der Waals surface area contributed by atoms with Gasteiger partial charge in [0.1, 0.15) is 0 Å². The Kier molecular flexibility index (Phi) is 5.41. The second-order valence-electron chi connectivity index (χ2n) is 6.08. The van der Waals surface area contributed by atoms with Crippen LogP contribution in [-0.4, -0.2) is 19.2 Å². The van der Waals surface area contributed by atoms with Crippen LogP contribution in [0.4, 0.5) is 0 Å². The highest BCUT2D eigenvalue weighted by atomic mass is 16.5. The topological polar surface area (TPSA) is 21.3 Å². The molecule has 2 atom stereocenters. The van der Waals surface area contributed by atoms with E-state index in [0.29, 0.717) is 12.0 Å². The van der Waals surface area contributed by atoms with Crippen LogP contribution < -0.4 is 5.32 Å². The van der Waals surface area contributed by atoms with Gasteiger partial charge in [-0.05, 0) is 49.8 Å². The quantitative estimate of drug-likeness (QED) is 0.843. The van der Waals surface area contributed by atoms with E-state index < -0.39 is 0 Å². The summed E-state index contributed by atoms with van der Waals surface area (Å²) in [6.07, 6.45) is 4.17. The highest BCUT2D eigenvalue weighted by Gasteiger charge is 2.21. The lowest BCUT2D eigenvalue weighted by Gasteiger charge is -2.28. The van der Waals surface area contributed by atoms with Crippen LogP contribution >= 0.6 is 0 Å². The van der Waals surface area contributed by atoms with Crippen molar-refractivity contribution in [2.75, 3.05) is 13.1 Å². The molecule has 1 N–H and O–H groups in total. The first-order chi connectivity index (χ1) is 9.16. The first-order valence-corrected chi connectivity index (χ1v) is 7.60. The molecule has 0 aromatic heterocycles. The minimum atomic E-state index is 0.273. The number of hydrogen-bond acceptors (Lipinski definition) is 2. The van der Waals surface area contributed by atoms with Gasteiger partial charge in [0.15, 0.2) is 0 Å². The van der Waals surface area contributed by atoms with E-state index in [0.717, 1.165) is 19.5 Å². The molecule has 2 nitrogen and oxygen atoms in total. The Hall–Kier alpha value is -0.860. The molecule has 1 aromatic rings. The standard InChI is InChI=1S/C17H27NO/c1-13(2)11-18-12-14(3)19-17-10-6-8-15-7-4-5-9-16(15)17/h4-5,7,9,13-14,17-18H,6,8,10-12H2,1-3H3. The fourth-order valence-corrected chi connectivity index (χ4v) is 2.75. The predicted octanol–water partition coefficient (Wildman–Crippen LogP) is 3.71. The zero-order valence-corrected chi connectivity index (χ0v) is 12.5. The Morgan fingerprint density at radius 3 is 2.79 bits per heavy atom. The molecule has 0 aliphatic heterocycles. The molecule has 0 fully saturated rings. The van der Waals surface area contributed by atoms with Gasteiger partial charge in [-0.2, -0.15) is 0 Å². The van der Waals surface area contributed by atoms with Gasteiger partial charge in [-0.15, -0.1) is 0 Å². The monoisotopic (exact) mass is 261 g/mol. The van der Waals surface area contributed by atoms with Crippen molar-refractivity contribution >= 4 is 0 Å². The number of aryl methyl sites for hydroxylation is 1. The summed E-state index contributed by atoms with van der Waals surface area (Å²) in [5.74, 6) is 0.697. The predicted molar refractivity (Wildman–Crippen MR) is 80.4 cm³/mol. The van der Waals surface area contributed by atoms with E-state index >= 15 is 0 Å². The summed E-state index contributed by atoms with van der Waals surface area (Å²) in [7, 11) is 0. The van der Waals surface area contributed by atoms with E-state index in [9.17, 15) is 0 Å². The Morgan fingerprint density at radius 1 is 1.21 bits per heavy atom. The molecule has 0 spiro atoms. The number of ether oxygens (including phenoxy) is 1. The molecule has 0 bridgehead atoms. The van der Waals surface area contributed by atoms with E-state index in [1.165, 1.54) is 24.0 Å². The van der Waals surface area contributed by atoms with Gasteiger partial charge in [-0.3, -0.25) is 0 Å². The van der Waals surface area contributed by atoms with Crippen molar-refractivity contribution in [3.05, 3.63) is 35.4 Å². The van der Waals surface area contributed by atoms with Crippen LogP contribution in [0.3, 0.4) is 0 Å². The second-order valence-corrected chi connectivity index (χ2v) is 6.08. The molecule has 106 valence electrons. The van der Waals surface area contributed by atoms with Crippen molar-refractivity contribution < 1.29 is 4.74 Å². The van der Waals surface area contributed by atoms with Crippen LogP contribution in [0, 0.1) is 5.92 Å². The number of benzene rings is 1. The number of nitrogens with one attached hydrogen (secondary N) is 1. The molecular formula is C17H27NO. The van der Waals surface area contributed by atoms with Crippen LogP contribution in [0.15, 0.2) is 24.3 Å². The van der Waals surface area contributed by atoms with Crippen LogP contribution in [-0.2, 0) is 11.2 Å². The highest BCUT2D eigenvalue weighted by Crippen LogP contribution is 2.32. The van der Waals surface area contributed by atoms with Gasteiger partial charge in [0.2, 0.25) is 0 Å². The molecule has 2 heteroatoms. The van der Waals surface area contributed by atoms with Crippen LogP contribution in [0.2, 0.25) is 0 Å². The smallest absolute Gasteiger partial charge is 0.0832 e. The third kappa shape index (κ3) is 4.32. The minimum Gasteiger partial charge on any atom is -0.369 e. The molecule has 1 aliphatic carbocycles. The van der Waals surface area contributed by atoms with Gasteiger partial charge in [-0.1, -0.05) is 38.1 Å². The van der Waals surface area contributed by atoms with Crippen LogP contribution in [0.5, 0.6) is 0 Å². The van der Waals surface area contributed by atoms with E-state index in [2.05, 4.69) is 50.4 Å². The fourth-order valence-electron chi connectivity index (χ4n) is 2.75. The lowest BCUT2D eigenvalue weighted by molar-refractivity contribution is -0.0119. The molecule has 1 aliphatic rings. The summed E-state index contributed by atoms with van der Waals surface area (Å²) in [4.78, 5) is 0. The average Bonchev–Trinajstić information content (AvgIpc) is 2.39. The van der Waals surface area contributed by atoms with Crippen molar-refractivity contribution in [1.82, 2.24) is 5.32 Å². The third-order valence-electron chi connectivity index (χ3n) is 3.70. The zero-order valence-electron chi connectivity index (χ0n) is 12.5. The molecule has 2 rings (SSSR count). The lowest BCUT2D eigenvalue weighted by atomic mass is 9.89. The van der Waals surface area contributed by atoms with Crippen molar-refractivity contribution in [2.45, 2.75) is 52.2 Å². The van der Waals surface area contributed by atoms with E-state index in [4.69, 9.17) is 4.74 Å². The molecule has 19 heavy (non-hydrogen) atoms. The summed E-state index contributed by atoms with van der Waals surface area (Å²) in [6.45, 7) is 8.64. The molecular weight excluding hydrogens is 234 g/mol. The molecule has 1 aromatic carbocycles. The minimum absolute atomic E-state index is 0.273. The Morgan fingerprint density at radius 2 is 2.00 bits per heavy atom. The van der Waals surface area contributed by atoms with Gasteiger partial charge in [-0.25, -0.2) is 0 Å². The maximum atomic E-state index is 6.24. The van der Waals surface area contributed by atoms with Crippen LogP contribution in [0.25, 0.3) is 0 Å². The summed E-state index contributed by atoms with van der Waals surface area (Å²) in [5.41, 5.74) is 2.88. The number of hydrogen-bond donors (Lipinski definition) is 1. The third-order valence-corrected chi connectivity index (χ3v) is 3.70. The Balaban J connectivity index is 1.86. The maximum absolute atomic E-state index is 6.24. The van der Waals surface area contributed by atoms with Crippen molar-refractivity contribution in [2.24, 2.45) is 5.92 Å². The molecule has 0 radical (unpaired) electrons. The molecule has 0 amide bonds. The Bertz CT molecular complexity index is 389. The van der Waals surface area contributed by atoms with E-state index in [-0.39, 0.29) is 6.10 Å². The molecule has 0 saturated carbocycles. The molecule has 0 heterocycles. The zero-order chi connectivity index (χ0) is 13.7. The highest BCUT2D eigenvalue weighted by molar-refractivity contribution is 5.31. The summed E-state index contributed by atoms with van der Waals surface area (Å²) >= 11 is 0. The van der Waals surface area contributed by atoms with Crippen molar-refractivity contribution in [1.29, 1.82) is 0 Å². The van der Waals surface area contributed by atoms with Gasteiger partial charge >= 0.3 is 0 Å². The largest absolute Gasteiger partial charge is 0.369 e. The second kappa shape index (κ2) is 7.06. The Labute approximate surface area is 117 Å². The van der Waals surface area contributed by atoms with Gasteiger partial charge in [0.25, 0.3) is 0 Å². The van der Waals surface area contributed by atoms with E-state index in [1.807, 2.05) is 0 Å². The van der Waals surface area contributed by atoms with Gasteiger partial charge in [0, 0.05) is 6.54 Å². The van der Waals surface area contributed by atoms with E-state index in [1.54, 1.807) is 0 Å². The van der Waals surface area contributed by atoms with Crippen molar-refractivity contribution in [3.8, 4) is 0 Å². The normalized spacial score (nSPS) is 20.3. The lowest BCUT2D eigenvalue weighted by Crippen LogP contribution is -2.31.